The number of likely N-dealkylation sites (N-methyl/N-ethyl adjacent to an activating group) is 1. The lowest BCUT2D eigenvalue weighted by molar-refractivity contribution is -0.137. The number of amides is 5. The van der Waals surface area contributed by atoms with E-state index in [2.05, 4.69) is 42.5 Å². The molecule has 0 aliphatic heterocycles. The lowest BCUT2D eigenvalue weighted by Crippen LogP contribution is -2.61. The van der Waals surface area contributed by atoms with Gasteiger partial charge in [0.05, 0.1) is 42.3 Å². The molecule has 17 nitrogen and oxygen atoms in total. The van der Waals surface area contributed by atoms with Crippen molar-refractivity contribution in [3.05, 3.63) is 162 Å². The first-order valence-electron chi connectivity index (χ1n) is 23.3. The molecule has 0 radical (unpaired) electrons. The van der Waals surface area contributed by atoms with Gasteiger partial charge in [0.1, 0.15) is 29.7 Å². The maximum atomic E-state index is 14.8. The third kappa shape index (κ3) is 16.0. The Kier molecular flexibility index (Phi) is 20.4. The summed E-state index contributed by atoms with van der Waals surface area (Å²) in [6.45, 7) is 9.65. The van der Waals surface area contributed by atoms with E-state index in [0.717, 1.165) is 16.7 Å². The molecule has 1 aromatic heterocycles. The third-order valence-corrected chi connectivity index (χ3v) is 12.8. The van der Waals surface area contributed by atoms with Gasteiger partial charge in [-0.1, -0.05) is 151 Å². The van der Waals surface area contributed by atoms with Crippen LogP contribution in [0, 0.1) is 5.92 Å². The van der Waals surface area contributed by atoms with Crippen LogP contribution < -0.4 is 26.6 Å². The van der Waals surface area contributed by atoms with E-state index in [-0.39, 0.29) is 30.7 Å². The standard InChI is InChI=1S/C52H65BrN7O10P/c1-35(2)28-42(56-45(61)30-53)47(62)57-43(29-41-31-60(34-55-41)52(38-22-14-9-15-23-38,39-24-16-10-17-25-39)40-26-18-11-19-27-40)48(63)58-44(33-68-51(4,5)6)49(64)59-46(50(65)54-7)36(3)70-71(66,67)69-32-37-20-12-8-13-21-37/h8-27,31,34-36,42-44,46H,28-30,32-33H2,1-7H3,(H,54,65)(H,56,61)(H,57,62)(H,58,63)(H,59,64)(H,66,67)/t36-,42+,43+,44+,46+/m1/s1. The molecule has 0 spiro atoms. The molecule has 0 aliphatic rings. The summed E-state index contributed by atoms with van der Waals surface area (Å²) in [6, 6.07) is 32.8. The molecule has 380 valence electrons. The first-order chi connectivity index (χ1) is 33.8. The van der Waals surface area contributed by atoms with Crippen LogP contribution in [0.2, 0.25) is 0 Å². The van der Waals surface area contributed by atoms with Crippen molar-refractivity contribution in [1.82, 2.24) is 36.1 Å². The molecule has 5 rings (SSSR count). The summed E-state index contributed by atoms with van der Waals surface area (Å²) in [6.07, 6.45) is 2.10. The molecular weight excluding hydrogens is 993 g/mol. The molecule has 0 fully saturated rings. The number of ether oxygens (including phenoxy) is 1. The number of carbonyl (C=O) groups is 5. The van der Waals surface area contributed by atoms with Gasteiger partial charge in [-0.05, 0) is 62.3 Å². The first-order valence-corrected chi connectivity index (χ1v) is 25.9. The highest BCUT2D eigenvalue weighted by molar-refractivity contribution is 9.09. The van der Waals surface area contributed by atoms with Crippen molar-refractivity contribution in [2.24, 2.45) is 5.92 Å². The minimum atomic E-state index is -4.80. The Morgan fingerprint density at radius 1 is 0.704 bits per heavy atom. The SMILES string of the molecule is CNC(=O)[C@@H](NC(=O)[C@H](COC(C)(C)C)NC(=O)[C@H](Cc1cn(C(c2ccccc2)(c2ccccc2)c2ccccc2)cn1)NC(=O)[C@H](CC(C)C)NC(=O)CBr)[C@@H](C)OP(=O)(O)OCc1ccccc1. The van der Waals surface area contributed by atoms with Crippen molar-refractivity contribution < 1.29 is 47.2 Å². The molecule has 0 aliphatic carbocycles. The number of phosphoric ester groups is 1. The van der Waals surface area contributed by atoms with Gasteiger partial charge in [-0.2, -0.15) is 0 Å². The quantitative estimate of drug-likeness (QED) is 0.0228. The molecule has 0 bridgehead atoms. The predicted molar refractivity (Wildman–Crippen MR) is 273 cm³/mol. The molecule has 6 N–H and O–H groups in total. The molecule has 5 aromatic rings. The van der Waals surface area contributed by atoms with Crippen LogP contribution in [0.3, 0.4) is 0 Å². The second-order valence-electron chi connectivity index (χ2n) is 18.4. The van der Waals surface area contributed by atoms with E-state index in [1.54, 1.807) is 57.4 Å². The average molecular weight is 1060 g/mol. The molecule has 6 atom stereocenters. The zero-order chi connectivity index (χ0) is 51.8. The molecule has 71 heavy (non-hydrogen) atoms. The molecule has 19 heteroatoms. The van der Waals surface area contributed by atoms with E-state index in [9.17, 15) is 33.4 Å². The van der Waals surface area contributed by atoms with Crippen LogP contribution in [0.25, 0.3) is 0 Å². The van der Waals surface area contributed by atoms with Crippen molar-refractivity contribution in [1.29, 1.82) is 0 Å². The Labute approximate surface area is 424 Å². The molecule has 1 unspecified atom stereocenters. The fourth-order valence-electron chi connectivity index (χ4n) is 7.89. The number of hydrogen-bond donors (Lipinski definition) is 6. The second kappa shape index (κ2) is 25.9. The van der Waals surface area contributed by atoms with Crippen LogP contribution in [-0.4, -0.2) is 98.8 Å². The van der Waals surface area contributed by atoms with Crippen molar-refractivity contribution >= 4 is 53.3 Å². The fraction of sp³-hybridized carbons (Fsp3) is 0.385. The van der Waals surface area contributed by atoms with Gasteiger partial charge in [0.25, 0.3) is 0 Å². The minimum absolute atomic E-state index is 0.0381. The van der Waals surface area contributed by atoms with Crippen molar-refractivity contribution in [3.8, 4) is 0 Å². The van der Waals surface area contributed by atoms with Gasteiger partial charge in [0, 0.05) is 19.7 Å². The number of hydrogen-bond acceptors (Lipinski definition) is 10. The summed E-state index contributed by atoms with van der Waals surface area (Å²) in [4.78, 5) is 84.8. The summed E-state index contributed by atoms with van der Waals surface area (Å²) in [5, 5.41) is 13.2. The van der Waals surface area contributed by atoms with Crippen LogP contribution in [0.4, 0.5) is 0 Å². The Bertz CT molecular complexity index is 2470. The molecule has 0 saturated heterocycles. The number of aromatic nitrogens is 2. The highest BCUT2D eigenvalue weighted by Crippen LogP contribution is 2.46. The Balaban J connectivity index is 1.51. The third-order valence-electron chi connectivity index (χ3n) is 11.3. The molecule has 4 aromatic carbocycles. The second-order valence-corrected chi connectivity index (χ2v) is 20.3. The first kappa shape index (κ1) is 55.9. The summed E-state index contributed by atoms with van der Waals surface area (Å²) in [5.41, 5.74) is 1.98. The van der Waals surface area contributed by atoms with Crippen molar-refractivity contribution in [3.63, 3.8) is 0 Å². The van der Waals surface area contributed by atoms with Crippen LogP contribution in [0.15, 0.2) is 134 Å². The Morgan fingerprint density at radius 2 is 1.20 bits per heavy atom. The number of benzene rings is 4. The highest BCUT2D eigenvalue weighted by atomic mass is 79.9. The van der Waals surface area contributed by atoms with Crippen molar-refractivity contribution in [2.45, 2.75) is 102 Å². The number of nitrogens with one attached hydrogen (secondary N) is 5. The van der Waals surface area contributed by atoms with Gasteiger partial charge in [0.2, 0.25) is 29.5 Å². The number of nitrogens with zero attached hydrogens (tertiary/aromatic N) is 2. The van der Waals surface area contributed by atoms with E-state index in [1.807, 2.05) is 116 Å². The minimum Gasteiger partial charge on any atom is -0.373 e. The van der Waals surface area contributed by atoms with Crippen molar-refractivity contribution in [2.75, 3.05) is 19.0 Å². The number of alkyl halides is 1. The van der Waals surface area contributed by atoms with Gasteiger partial charge in [0.15, 0.2) is 0 Å². The van der Waals surface area contributed by atoms with E-state index < -0.39 is 85.4 Å². The molecule has 1 heterocycles. The zero-order valence-corrected chi connectivity index (χ0v) is 43.5. The summed E-state index contributed by atoms with van der Waals surface area (Å²) in [7, 11) is -3.48. The number of carbonyl (C=O) groups excluding carboxylic acids is 5. The number of imidazole rings is 1. The zero-order valence-electron chi connectivity index (χ0n) is 41.0. The van der Waals surface area contributed by atoms with E-state index in [4.69, 9.17) is 18.8 Å². The molecule has 5 amide bonds. The summed E-state index contributed by atoms with van der Waals surface area (Å²) in [5.74, 6) is -3.65. The fourth-order valence-corrected chi connectivity index (χ4v) is 8.97. The Hall–Kier alpha value is -6.01. The normalized spacial score (nSPS) is 14.7. The maximum Gasteiger partial charge on any atom is 0.472 e. The van der Waals surface area contributed by atoms with E-state index in [0.29, 0.717) is 11.3 Å². The lowest BCUT2D eigenvalue weighted by atomic mass is 9.77. The van der Waals surface area contributed by atoms with Gasteiger partial charge >= 0.3 is 7.82 Å². The van der Waals surface area contributed by atoms with Gasteiger partial charge < -0.3 is 40.8 Å². The summed E-state index contributed by atoms with van der Waals surface area (Å²) < 4.78 is 31.6. The van der Waals surface area contributed by atoms with Crippen LogP contribution in [0.5, 0.6) is 0 Å². The smallest absolute Gasteiger partial charge is 0.373 e. The summed E-state index contributed by atoms with van der Waals surface area (Å²) >= 11 is 3.15. The lowest BCUT2D eigenvalue weighted by Gasteiger charge is -2.37. The largest absolute Gasteiger partial charge is 0.472 e. The van der Waals surface area contributed by atoms with Gasteiger partial charge in [-0.3, -0.25) is 33.0 Å². The topological polar surface area (TPSA) is 228 Å². The molecule has 0 saturated carbocycles. The van der Waals surface area contributed by atoms with Crippen LogP contribution in [-0.2, 0) is 60.9 Å². The van der Waals surface area contributed by atoms with Gasteiger partial charge in [-0.15, -0.1) is 0 Å². The maximum absolute atomic E-state index is 14.8. The van der Waals surface area contributed by atoms with E-state index >= 15 is 0 Å². The number of rotatable bonds is 25. The van der Waals surface area contributed by atoms with Crippen LogP contribution >= 0.6 is 23.8 Å². The Morgan fingerprint density at radius 3 is 1.69 bits per heavy atom. The number of halogens is 1. The molecular formula is C52H65BrN7O10P. The van der Waals surface area contributed by atoms with Crippen LogP contribution in [0.1, 0.15) is 75.9 Å². The van der Waals surface area contributed by atoms with Gasteiger partial charge in [-0.25, -0.2) is 9.55 Å². The average Bonchev–Trinajstić information content (AvgIpc) is 3.82. The monoisotopic (exact) mass is 1060 g/mol. The van der Waals surface area contributed by atoms with E-state index in [1.165, 1.54) is 14.0 Å². The number of phosphoric acid groups is 1. The predicted octanol–water partition coefficient (Wildman–Crippen LogP) is 5.93. The highest BCUT2D eigenvalue weighted by Gasteiger charge is 2.40.